The molecule has 11 aromatic carbocycles. The van der Waals surface area contributed by atoms with Crippen molar-refractivity contribution in [1.29, 1.82) is 0 Å². The monoisotopic (exact) mass is 934 g/mol. The number of benzene rings is 11. The average molecular weight is 935 g/mol. The molecule has 0 saturated carbocycles. The Morgan fingerprint density at radius 2 is 0.708 bits per heavy atom. The molecule has 0 atom stereocenters. The maximum Gasteiger partial charge on any atom is 0.179 e. The van der Waals surface area contributed by atoms with Gasteiger partial charge < -0.3 is 4.42 Å². The van der Waals surface area contributed by atoms with Crippen molar-refractivity contribution in [3.05, 3.63) is 279 Å². The third-order valence-corrected chi connectivity index (χ3v) is 19.6. The first-order valence-electron chi connectivity index (χ1n) is 24.7. The number of fused-ring (bicyclic) bond motifs is 8. The van der Waals surface area contributed by atoms with E-state index >= 15 is 0 Å². The molecule has 0 aliphatic carbocycles. The van der Waals surface area contributed by atoms with Gasteiger partial charge in [0.05, 0.1) is 11.0 Å². The molecule has 0 N–H and O–H groups in total. The van der Waals surface area contributed by atoms with Gasteiger partial charge in [-0.05, 0) is 121 Å². The molecule has 0 fully saturated rings. The number of furan rings is 1. The molecule has 0 spiro atoms. The Hall–Kier alpha value is -9.22. The predicted molar refractivity (Wildman–Crippen MR) is 305 cm³/mol. The van der Waals surface area contributed by atoms with Gasteiger partial charge in [0, 0.05) is 38.3 Å². The van der Waals surface area contributed by atoms with Gasteiger partial charge in [-0.3, -0.25) is 9.13 Å². The molecule has 3 nitrogen and oxygen atoms in total. The van der Waals surface area contributed by atoms with Crippen molar-refractivity contribution in [2.24, 2.45) is 0 Å². The molecular weight excluding hydrogens is 889 g/mol. The van der Waals surface area contributed by atoms with Crippen molar-refractivity contribution >= 4 is 83.6 Å². The SMILES string of the molecule is c1ccc(-c2ccc3c(c2)c2c4ccccc4n(-c4ccccc4)c2n3-c2ccc3oc4ccc(-c5cccc(-c6cccc([Si](c7ccccc7)(c7ccccc7)c7ccccc7)c6)c5)cc4c3c2)cc1. The summed E-state index contributed by atoms with van der Waals surface area (Å²) in [7, 11) is -2.71. The molecule has 0 saturated heterocycles. The quantitative estimate of drug-likeness (QED) is 0.104. The van der Waals surface area contributed by atoms with Gasteiger partial charge in [0.1, 0.15) is 16.8 Å². The Labute approximate surface area is 418 Å². The highest BCUT2D eigenvalue weighted by atomic mass is 28.3. The van der Waals surface area contributed by atoms with Gasteiger partial charge in [0.2, 0.25) is 0 Å². The lowest BCUT2D eigenvalue weighted by molar-refractivity contribution is 0.669. The van der Waals surface area contributed by atoms with Crippen LogP contribution >= 0.6 is 0 Å². The minimum absolute atomic E-state index is 0.863. The maximum absolute atomic E-state index is 6.63. The Bertz CT molecular complexity index is 4210. The summed E-state index contributed by atoms with van der Waals surface area (Å²) in [5.41, 5.74) is 14.5. The summed E-state index contributed by atoms with van der Waals surface area (Å²) in [5.74, 6) is 0. The average Bonchev–Trinajstić information content (AvgIpc) is 4.11. The lowest BCUT2D eigenvalue weighted by Gasteiger charge is -2.34. The van der Waals surface area contributed by atoms with Crippen LogP contribution in [0.4, 0.5) is 0 Å². The van der Waals surface area contributed by atoms with Gasteiger partial charge in [-0.1, -0.05) is 212 Å². The number of para-hydroxylation sites is 2. The van der Waals surface area contributed by atoms with Crippen LogP contribution in [0.15, 0.2) is 283 Å². The van der Waals surface area contributed by atoms with Crippen LogP contribution in [-0.2, 0) is 0 Å². The standard InChI is InChI=1S/C68H46N2OSi/c1-6-20-47(21-7-1)51-36-39-64-62(45-51)67-59-34-16-17-35-63(59)69(53-25-8-2-9-26-53)68(67)70(64)54-38-41-66-61(46-54)60-44-52(37-40-65(60)71-66)49-23-18-22-48(42-49)50-24-19-33-58(43-50)72(55-27-10-3-11-28-55,56-29-12-4-13-30-56)57-31-14-5-15-32-57/h1-46H. The van der Waals surface area contributed by atoms with Crippen LogP contribution in [0.3, 0.4) is 0 Å². The molecule has 3 aromatic heterocycles. The molecule has 14 aromatic rings. The minimum atomic E-state index is -2.71. The molecule has 0 aliphatic rings. The number of hydrogen-bond donors (Lipinski definition) is 0. The van der Waals surface area contributed by atoms with E-state index in [2.05, 4.69) is 288 Å². The molecular formula is C68H46N2OSi. The smallest absolute Gasteiger partial charge is 0.179 e. The fraction of sp³-hybridized carbons (Fsp3) is 0. The molecule has 4 heteroatoms. The van der Waals surface area contributed by atoms with Crippen LogP contribution < -0.4 is 20.7 Å². The summed E-state index contributed by atoms with van der Waals surface area (Å²) in [6.07, 6.45) is 0. The zero-order valence-electron chi connectivity index (χ0n) is 39.4. The Kier molecular flexibility index (Phi) is 9.87. The zero-order chi connectivity index (χ0) is 47.6. The molecule has 0 unspecified atom stereocenters. The summed E-state index contributed by atoms with van der Waals surface area (Å²) < 4.78 is 11.5. The zero-order valence-corrected chi connectivity index (χ0v) is 40.4. The Balaban J connectivity index is 0.917. The van der Waals surface area contributed by atoms with Crippen LogP contribution in [0.25, 0.3) is 99.5 Å². The van der Waals surface area contributed by atoms with Gasteiger partial charge >= 0.3 is 0 Å². The maximum atomic E-state index is 6.63. The van der Waals surface area contributed by atoms with E-state index in [0.29, 0.717) is 0 Å². The van der Waals surface area contributed by atoms with Crippen molar-refractivity contribution < 1.29 is 4.42 Å². The molecule has 0 aliphatic heterocycles. The molecule has 0 amide bonds. The molecule has 0 radical (unpaired) electrons. The van der Waals surface area contributed by atoms with E-state index in [9.17, 15) is 0 Å². The highest BCUT2D eigenvalue weighted by molar-refractivity contribution is 7.19. The van der Waals surface area contributed by atoms with Crippen molar-refractivity contribution in [2.75, 3.05) is 0 Å². The summed E-state index contributed by atoms with van der Waals surface area (Å²) in [6.45, 7) is 0. The second kappa shape index (κ2) is 17.0. The molecule has 72 heavy (non-hydrogen) atoms. The van der Waals surface area contributed by atoms with E-state index in [-0.39, 0.29) is 0 Å². The highest BCUT2D eigenvalue weighted by Gasteiger charge is 2.41. The first kappa shape index (κ1) is 41.7. The fourth-order valence-corrected chi connectivity index (χ4v) is 16.4. The second-order valence-corrected chi connectivity index (χ2v) is 22.6. The van der Waals surface area contributed by atoms with Crippen molar-refractivity contribution in [2.45, 2.75) is 0 Å². The van der Waals surface area contributed by atoms with E-state index < -0.39 is 8.07 Å². The number of rotatable bonds is 9. The van der Waals surface area contributed by atoms with E-state index in [0.717, 1.165) is 55.6 Å². The van der Waals surface area contributed by atoms with Crippen LogP contribution in [0, 0.1) is 0 Å². The van der Waals surface area contributed by atoms with E-state index in [4.69, 9.17) is 4.42 Å². The predicted octanol–water partition coefficient (Wildman–Crippen LogP) is 15.0. The van der Waals surface area contributed by atoms with E-state index in [1.54, 1.807) is 0 Å². The van der Waals surface area contributed by atoms with Gasteiger partial charge in [-0.25, -0.2) is 0 Å². The first-order valence-corrected chi connectivity index (χ1v) is 26.7. The van der Waals surface area contributed by atoms with Gasteiger partial charge in [0.15, 0.2) is 8.07 Å². The summed E-state index contributed by atoms with van der Waals surface area (Å²) in [4.78, 5) is 0. The largest absolute Gasteiger partial charge is 0.456 e. The van der Waals surface area contributed by atoms with Crippen LogP contribution in [0.5, 0.6) is 0 Å². The number of nitrogens with zero attached hydrogens (tertiary/aromatic N) is 2. The Morgan fingerprint density at radius 1 is 0.264 bits per heavy atom. The topological polar surface area (TPSA) is 23.0 Å². The van der Waals surface area contributed by atoms with Gasteiger partial charge in [-0.2, -0.15) is 0 Å². The summed E-state index contributed by atoms with van der Waals surface area (Å²) >= 11 is 0. The third kappa shape index (κ3) is 6.65. The summed E-state index contributed by atoms with van der Waals surface area (Å²) in [6, 6.07) is 102. The van der Waals surface area contributed by atoms with Gasteiger partial charge in [-0.15, -0.1) is 0 Å². The van der Waals surface area contributed by atoms with Crippen molar-refractivity contribution in [1.82, 2.24) is 9.13 Å². The second-order valence-electron chi connectivity index (χ2n) is 18.8. The number of hydrogen-bond acceptors (Lipinski definition) is 1. The highest BCUT2D eigenvalue weighted by Crippen LogP contribution is 2.43. The molecule has 3 heterocycles. The van der Waals surface area contributed by atoms with E-state index in [1.807, 2.05) is 0 Å². The first-order chi connectivity index (χ1) is 35.7. The van der Waals surface area contributed by atoms with Crippen LogP contribution in [-0.4, -0.2) is 17.2 Å². The lowest BCUT2D eigenvalue weighted by Crippen LogP contribution is -2.74. The van der Waals surface area contributed by atoms with Crippen LogP contribution in [0.1, 0.15) is 0 Å². The third-order valence-electron chi connectivity index (χ3n) is 14.8. The van der Waals surface area contributed by atoms with Crippen LogP contribution in [0.2, 0.25) is 0 Å². The minimum Gasteiger partial charge on any atom is -0.456 e. The van der Waals surface area contributed by atoms with Crippen molar-refractivity contribution in [3.63, 3.8) is 0 Å². The fourth-order valence-electron chi connectivity index (χ4n) is 11.6. The molecule has 0 bridgehead atoms. The van der Waals surface area contributed by atoms with Gasteiger partial charge in [0.25, 0.3) is 0 Å². The normalized spacial score (nSPS) is 11.9. The van der Waals surface area contributed by atoms with Crippen molar-refractivity contribution in [3.8, 4) is 44.8 Å². The lowest BCUT2D eigenvalue weighted by atomic mass is 9.98. The Morgan fingerprint density at radius 3 is 1.38 bits per heavy atom. The number of aromatic nitrogens is 2. The molecule has 338 valence electrons. The van der Waals surface area contributed by atoms with E-state index in [1.165, 1.54) is 64.7 Å². The summed E-state index contributed by atoms with van der Waals surface area (Å²) in [5, 5.41) is 11.3. The molecule has 14 rings (SSSR count).